The summed E-state index contributed by atoms with van der Waals surface area (Å²) in [5, 5.41) is 3.60. The Hall–Kier alpha value is -0.890. The maximum Gasteiger partial charge on any atom is 0.127 e. The summed E-state index contributed by atoms with van der Waals surface area (Å²) in [5.41, 5.74) is 2.04. The van der Waals surface area contributed by atoms with Crippen LogP contribution in [-0.4, -0.2) is 6.54 Å². The topological polar surface area (TPSA) is 12.0 Å². The Morgan fingerprint density at radius 3 is 2.81 bits per heavy atom. The van der Waals surface area contributed by atoms with Gasteiger partial charge in [-0.2, -0.15) is 0 Å². The Bertz CT molecular complexity index is 484. The zero-order valence-corrected chi connectivity index (χ0v) is 13.4. The van der Waals surface area contributed by atoms with Crippen molar-refractivity contribution in [1.29, 1.82) is 0 Å². The molecule has 4 unspecified atom stereocenters. The van der Waals surface area contributed by atoms with Crippen molar-refractivity contribution >= 4 is 0 Å². The molecule has 0 amide bonds. The third-order valence-corrected chi connectivity index (χ3v) is 5.59. The third-order valence-electron chi connectivity index (χ3n) is 5.59. The SMILES string of the molecule is CCCNC(CC1CC2CCC1C2)c1cc(C)ccc1F. The van der Waals surface area contributed by atoms with Gasteiger partial charge in [0.15, 0.2) is 0 Å². The number of rotatable bonds is 6. The summed E-state index contributed by atoms with van der Waals surface area (Å²) >= 11 is 0. The molecule has 4 atom stereocenters. The van der Waals surface area contributed by atoms with Crippen molar-refractivity contribution in [1.82, 2.24) is 5.32 Å². The van der Waals surface area contributed by atoms with Crippen molar-refractivity contribution in [2.45, 2.75) is 58.4 Å². The number of halogens is 1. The first kappa shape index (κ1) is 15.0. The van der Waals surface area contributed by atoms with Crippen molar-refractivity contribution < 1.29 is 4.39 Å². The maximum atomic E-state index is 14.3. The first-order valence-electron chi connectivity index (χ1n) is 8.66. The maximum absolute atomic E-state index is 14.3. The molecule has 0 spiro atoms. The summed E-state index contributed by atoms with van der Waals surface area (Å²) in [6.07, 6.45) is 7.87. The Balaban J connectivity index is 1.75. The molecule has 0 aromatic heterocycles. The van der Waals surface area contributed by atoms with E-state index in [1.165, 1.54) is 25.7 Å². The van der Waals surface area contributed by atoms with Gasteiger partial charge in [-0.25, -0.2) is 4.39 Å². The number of nitrogens with one attached hydrogen (secondary N) is 1. The highest BCUT2D eigenvalue weighted by Gasteiger charge is 2.40. The van der Waals surface area contributed by atoms with E-state index in [0.29, 0.717) is 0 Å². The van der Waals surface area contributed by atoms with Gasteiger partial charge in [0, 0.05) is 11.6 Å². The van der Waals surface area contributed by atoms with E-state index in [1.807, 2.05) is 12.1 Å². The highest BCUT2D eigenvalue weighted by atomic mass is 19.1. The molecule has 2 fully saturated rings. The summed E-state index contributed by atoms with van der Waals surface area (Å²) < 4.78 is 14.3. The van der Waals surface area contributed by atoms with E-state index in [9.17, 15) is 4.39 Å². The molecule has 1 aromatic rings. The van der Waals surface area contributed by atoms with Crippen LogP contribution in [-0.2, 0) is 0 Å². The average Bonchev–Trinajstić information content (AvgIpc) is 3.08. The lowest BCUT2D eigenvalue weighted by atomic mass is 9.82. The fourth-order valence-corrected chi connectivity index (χ4v) is 4.54. The van der Waals surface area contributed by atoms with Gasteiger partial charge in [-0.05, 0) is 69.4 Å². The van der Waals surface area contributed by atoms with Gasteiger partial charge in [-0.1, -0.05) is 31.0 Å². The van der Waals surface area contributed by atoms with Gasteiger partial charge < -0.3 is 5.32 Å². The number of fused-ring (bicyclic) bond motifs is 2. The van der Waals surface area contributed by atoms with E-state index < -0.39 is 0 Å². The first-order chi connectivity index (χ1) is 10.2. The molecule has 3 rings (SSSR count). The molecule has 0 radical (unpaired) electrons. The Morgan fingerprint density at radius 1 is 1.29 bits per heavy atom. The molecule has 2 heteroatoms. The minimum atomic E-state index is -0.0441. The van der Waals surface area contributed by atoms with Crippen molar-refractivity contribution in [2.75, 3.05) is 6.54 Å². The molecule has 2 aliphatic rings. The number of benzene rings is 1. The highest BCUT2D eigenvalue weighted by Crippen LogP contribution is 2.51. The Morgan fingerprint density at radius 2 is 2.14 bits per heavy atom. The van der Waals surface area contributed by atoms with E-state index >= 15 is 0 Å². The van der Waals surface area contributed by atoms with E-state index in [1.54, 1.807) is 6.07 Å². The average molecular weight is 289 g/mol. The summed E-state index contributed by atoms with van der Waals surface area (Å²) in [5.74, 6) is 2.64. The van der Waals surface area contributed by atoms with Gasteiger partial charge >= 0.3 is 0 Å². The van der Waals surface area contributed by atoms with Crippen LogP contribution in [0.5, 0.6) is 0 Å². The Kier molecular flexibility index (Phi) is 4.63. The summed E-state index contributed by atoms with van der Waals surface area (Å²) in [6, 6.07) is 5.73. The zero-order valence-electron chi connectivity index (χ0n) is 13.4. The van der Waals surface area contributed by atoms with E-state index in [2.05, 4.69) is 19.2 Å². The molecule has 0 saturated heterocycles. The summed E-state index contributed by atoms with van der Waals surface area (Å²) in [7, 11) is 0. The Labute approximate surface area is 128 Å². The molecule has 2 aliphatic carbocycles. The smallest absolute Gasteiger partial charge is 0.127 e. The van der Waals surface area contributed by atoms with Crippen LogP contribution >= 0.6 is 0 Å². The minimum Gasteiger partial charge on any atom is -0.310 e. The van der Waals surface area contributed by atoms with Crippen LogP contribution in [0.25, 0.3) is 0 Å². The number of hydrogen-bond donors (Lipinski definition) is 1. The number of hydrogen-bond acceptors (Lipinski definition) is 1. The van der Waals surface area contributed by atoms with Gasteiger partial charge in [0.05, 0.1) is 0 Å². The molecular formula is C19H28FN. The molecule has 21 heavy (non-hydrogen) atoms. The monoisotopic (exact) mass is 289 g/mol. The van der Waals surface area contributed by atoms with Gasteiger partial charge in [0.2, 0.25) is 0 Å². The zero-order chi connectivity index (χ0) is 14.8. The number of aryl methyl sites for hydroxylation is 1. The molecule has 2 bridgehead atoms. The standard InChI is InChI=1S/C19H28FN/c1-3-8-21-19(17-9-13(2)4-7-18(17)20)12-16-11-14-5-6-15(16)10-14/h4,7,9,14-16,19,21H,3,5-6,8,10-12H2,1-2H3. The predicted octanol–water partition coefficient (Wildman–Crippen LogP) is 5.00. The van der Waals surface area contributed by atoms with Gasteiger partial charge in [-0.15, -0.1) is 0 Å². The molecule has 0 aliphatic heterocycles. The van der Waals surface area contributed by atoms with Crippen molar-refractivity contribution in [2.24, 2.45) is 17.8 Å². The van der Waals surface area contributed by atoms with Crippen LogP contribution in [0.1, 0.15) is 62.6 Å². The van der Waals surface area contributed by atoms with Crippen molar-refractivity contribution in [3.8, 4) is 0 Å². The lowest BCUT2D eigenvalue weighted by Crippen LogP contribution is -2.27. The second-order valence-electron chi connectivity index (χ2n) is 7.20. The predicted molar refractivity (Wildman–Crippen MR) is 85.7 cm³/mol. The van der Waals surface area contributed by atoms with Gasteiger partial charge in [-0.3, -0.25) is 0 Å². The second kappa shape index (κ2) is 6.48. The molecule has 116 valence electrons. The third kappa shape index (κ3) is 3.31. The van der Waals surface area contributed by atoms with Gasteiger partial charge in [0.25, 0.3) is 0 Å². The largest absolute Gasteiger partial charge is 0.310 e. The highest BCUT2D eigenvalue weighted by molar-refractivity contribution is 5.27. The van der Waals surface area contributed by atoms with E-state index in [0.717, 1.165) is 48.3 Å². The second-order valence-corrected chi connectivity index (χ2v) is 7.20. The van der Waals surface area contributed by atoms with Crippen LogP contribution < -0.4 is 5.32 Å². The van der Waals surface area contributed by atoms with E-state index in [-0.39, 0.29) is 11.9 Å². The van der Waals surface area contributed by atoms with Crippen LogP contribution in [0.3, 0.4) is 0 Å². The fraction of sp³-hybridized carbons (Fsp3) is 0.684. The molecular weight excluding hydrogens is 261 g/mol. The van der Waals surface area contributed by atoms with Gasteiger partial charge in [0.1, 0.15) is 5.82 Å². The molecule has 1 aromatic carbocycles. The van der Waals surface area contributed by atoms with Crippen LogP contribution in [0.4, 0.5) is 4.39 Å². The van der Waals surface area contributed by atoms with Crippen molar-refractivity contribution in [3.05, 3.63) is 35.1 Å². The van der Waals surface area contributed by atoms with Crippen molar-refractivity contribution in [3.63, 3.8) is 0 Å². The summed E-state index contributed by atoms with van der Waals surface area (Å²) in [6.45, 7) is 5.20. The van der Waals surface area contributed by atoms with Crippen LogP contribution in [0, 0.1) is 30.5 Å². The molecule has 0 heterocycles. The van der Waals surface area contributed by atoms with Crippen LogP contribution in [0.2, 0.25) is 0 Å². The summed E-state index contributed by atoms with van der Waals surface area (Å²) in [4.78, 5) is 0. The minimum absolute atomic E-state index is 0.0441. The normalized spacial score (nSPS) is 29.0. The quantitative estimate of drug-likeness (QED) is 0.777. The molecule has 2 saturated carbocycles. The molecule has 1 nitrogen and oxygen atoms in total. The first-order valence-corrected chi connectivity index (χ1v) is 8.66. The molecule has 1 N–H and O–H groups in total. The lowest BCUT2D eigenvalue weighted by molar-refractivity contribution is 0.276. The van der Waals surface area contributed by atoms with Crippen LogP contribution in [0.15, 0.2) is 18.2 Å². The van der Waals surface area contributed by atoms with E-state index in [4.69, 9.17) is 0 Å². The lowest BCUT2D eigenvalue weighted by Gasteiger charge is -2.28. The fourth-order valence-electron chi connectivity index (χ4n) is 4.54.